The molecule has 8 nitrogen and oxygen atoms in total. The van der Waals surface area contributed by atoms with Crippen LogP contribution in [0.15, 0.2) is 30.3 Å². The van der Waals surface area contributed by atoms with Crippen molar-refractivity contribution < 1.29 is 32.9 Å². The van der Waals surface area contributed by atoms with Crippen LogP contribution in [0.3, 0.4) is 0 Å². The van der Waals surface area contributed by atoms with Gasteiger partial charge in [0, 0.05) is 24.6 Å². The number of rotatable bonds is 8. The van der Waals surface area contributed by atoms with Gasteiger partial charge in [-0.1, -0.05) is 38.1 Å². The Labute approximate surface area is 198 Å². The predicted octanol–water partition coefficient (Wildman–Crippen LogP) is 2.93. The second kappa shape index (κ2) is 10.2. The van der Waals surface area contributed by atoms with Crippen molar-refractivity contribution in [3.8, 4) is 11.1 Å². The molecular weight excluding hydrogens is 463 g/mol. The number of fused-ring (bicyclic) bond motifs is 1. The van der Waals surface area contributed by atoms with E-state index in [1.807, 2.05) is 13.8 Å². The number of aliphatic hydroxyl groups excluding tert-OH is 2. The van der Waals surface area contributed by atoms with Crippen LogP contribution in [0.25, 0.3) is 17.2 Å². The fraction of sp³-hybridized carbons (Fsp3) is 0.417. The van der Waals surface area contributed by atoms with Gasteiger partial charge in [-0.3, -0.25) is 9.10 Å². The minimum absolute atomic E-state index is 0.0967. The van der Waals surface area contributed by atoms with Crippen LogP contribution in [-0.2, 0) is 21.2 Å². The lowest BCUT2D eigenvalue weighted by molar-refractivity contribution is -0.139. The molecule has 34 heavy (non-hydrogen) atoms. The molecule has 0 aliphatic carbocycles. The Bertz CT molecular complexity index is 1190. The van der Waals surface area contributed by atoms with Crippen LogP contribution in [-0.4, -0.2) is 59.7 Å². The lowest BCUT2D eigenvalue weighted by Gasteiger charge is -2.30. The van der Waals surface area contributed by atoms with Crippen molar-refractivity contribution in [1.29, 1.82) is 0 Å². The van der Waals surface area contributed by atoms with Crippen molar-refractivity contribution in [2.75, 3.05) is 17.1 Å². The maximum absolute atomic E-state index is 13.7. The quantitative estimate of drug-likeness (QED) is 0.517. The Morgan fingerprint density at radius 1 is 1.24 bits per heavy atom. The summed E-state index contributed by atoms with van der Waals surface area (Å²) in [6.07, 6.45) is 0.364. The number of pyridine rings is 1. The van der Waals surface area contributed by atoms with Gasteiger partial charge in [-0.2, -0.15) is 0 Å². The highest BCUT2D eigenvalue weighted by molar-refractivity contribution is 7.92. The molecule has 1 aromatic heterocycles. The number of nitrogens with zero attached hydrogens (tertiary/aromatic N) is 2. The summed E-state index contributed by atoms with van der Waals surface area (Å²) in [4.78, 5) is 15.5. The van der Waals surface area contributed by atoms with Crippen molar-refractivity contribution in [2.45, 2.75) is 51.2 Å². The molecule has 2 atom stereocenters. The van der Waals surface area contributed by atoms with Crippen LogP contribution in [0.1, 0.15) is 49.4 Å². The van der Waals surface area contributed by atoms with Crippen molar-refractivity contribution in [2.24, 2.45) is 0 Å². The first-order valence-electron chi connectivity index (χ1n) is 11.0. The maximum Gasteiger partial charge on any atom is 0.305 e. The van der Waals surface area contributed by atoms with Gasteiger partial charge >= 0.3 is 5.97 Å². The van der Waals surface area contributed by atoms with E-state index in [-0.39, 0.29) is 24.5 Å². The number of carboxylic acids is 1. The van der Waals surface area contributed by atoms with E-state index in [1.54, 1.807) is 18.2 Å². The smallest absolute Gasteiger partial charge is 0.305 e. The Hall–Kier alpha value is -2.82. The van der Waals surface area contributed by atoms with E-state index >= 15 is 0 Å². The lowest BCUT2D eigenvalue weighted by Crippen LogP contribution is -2.36. The number of halogens is 1. The van der Waals surface area contributed by atoms with E-state index in [9.17, 15) is 27.8 Å². The Morgan fingerprint density at radius 2 is 1.88 bits per heavy atom. The summed E-state index contributed by atoms with van der Waals surface area (Å²) in [5.74, 6) is -1.46. The fourth-order valence-corrected chi connectivity index (χ4v) is 5.20. The molecule has 3 rings (SSSR count). The van der Waals surface area contributed by atoms with Crippen LogP contribution in [0.5, 0.6) is 0 Å². The summed E-state index contributed by atoms with van der Waals surface area (Å²) in [6, 6.07) is 5.88. The third kappa shape index (κ3) is 5.63. The highest BCUT2D eigenvalue weighted by Gasteiger charge is 2.32. The minimum atomic E-state index is -3.51. The van der Waals surface area contributed by atoms with E-state index in [2.05, 4.69) is 4.98 Å². The average molecular weight is 493 g/mol. The van der Waals surface area contributed by atoms with Crippen molar-refractivity contribution >= 4 is 27.9 Å². The van der Waals surface area contributed by atoms with Gasteiger partial charge in [0.05, 0.1) is 30.1 Å². The van der Waals surface area contributed by atoms with Gasteiger partial charge in [-0.15, -0.1) is 0 Å². The first-order valence-corrected chi connectivity index (χ1v) is 12.6. The van der Waals surface area contributed by atoms with Crippen LogP contribution < -0.4 is 4.31 Å². The number of anilines is 1. The zero-order chi connectivity index (χ0) is 25.2. The van der Waals surface area contributed by atoms with Gasteiger partial charge in [-0.05, 0) is 35.6 Å². The third-order valence-electron chi connectivity index (χ3n) is 5.76. The SMILES string of the molecule is CC(C)c1nc2c(c(-c3ccc(F)cc3)c1C=C[C@@H](O)C[C@@H](O)CC(=O)O)CCS(=O)(=O)N2C. The lowest BCUT2D eigenvalue weighted by atomic mass is 9.89. The minimum Gasteiger partial charge on any atom is -0.481 e. The molecule has 1 aliphatic rings. The topological polar surface area (TPSA) is 128 Å². The molecule has 10 heteroatoms. The average Bonchev–Trinajstić information content (AvgIpc) is 2.74. The number of aromatic nitrogens is 1. The van der Waals surface area contributed by atoms with Gasteiger partial charge in [0.15, 0.2) is 0 Å². The Balaban J connectivity index is 2.18. The number of aliphatic hydroxyl groups is 2. The molecule has 0 fully saturated rings. The summed E-state index contributed by atoms with van der Waals surface area (Å²) in [7, 11) is -2.05. The standard InChI is InChI=1S/C24H29FN2O6S/c1-14(2)23-19(9-8-17(28)12-18(29)13-21(30)31)22(15-4-6-16(25)7-5-15)20-10-11-34(32,33)27(3)24(20)26-23/h4-9,14,17-18,28-29H,10-13H2,1-3H3,(H,30,31)/t17-,18-/m1/s1. The summed E-state index contributed by atoms with van der Waals surface area (Å²) in [5, 5.41) is 29.0. The van der Waals surface area contributed by atoms with Crippen molar-refractivity contribution in [1.82, 2.24) is 4.98 Å². The number of benzene rings is 1. The summed E-state index contributed by atoms with van der Waals surface area (Å²) in [6.45, 7) is 3.82. The highest BCUT2D eigenvalue weighted by Crippen LogP contribution is 2.41. The zero-order valence-electron chi connectivity index (χ0n) is 19.3. The van der Waals surface area contributed by atoms with E-state index in [0.717, 1.165) is 0 Å². The molecule has 184 valence electrons. The number of hydrogen-bond donors (Lipinski definition) is 3. The summed E-state index contributed by atoms with van der Waals surface area (Å²) >= 11 is 0. The normalized spacial score (nSPS) is 17.1. The fourth-order valence-electron chi connectivity index (χ4n) is 4.05. The number of aliphatic carboxylic acids is 1. The van der Waals surface area contributed by atoms with Crippen molar-refractivity contribution in [3.63, 3.8) is 0 Å². The van der Waals surface area contributed by atoms with E-state index in [0.29, 0.717) is 33.8 Å². The van der Waals surface area contributed by atoms with Crippen LogP contribution >= 0.6 is 0 Å². The van der Waals surface area contributed by atoms with Gasteiger partial charge < -0.3 is 15.3 Å². The van der Waals surface area contributed by atoms with E-state index in [4.69, 9.17) is 5.11 Å². The van der Waals surface area contributed by atoms with Gasteiger partial charge in [0.1, 0.15) is 11.6 Å². The van der Waals surface area contributed by atoms with Crippen LogP contribution in [0, 0.1) is 5.82 Å². The molecule has 0 unspecified atom stereocenters. The van der Waals surface area contributed by atoms with Crippen molar-refractivity contribution in [3.05, 3.63) is 53.0 Å². The summed E-state index contributed by atoms with van der Waals surface area (Å²) < 4.78 is 39.9. The number of carbonyl (C=O) groups is 1. The molecule has 0 saturated carbocycles. The number of carboxylic acid groups (broad SMARTS) is 1. The Morgan fingerprint density at radius 3 is 2.47 bits per heavy atom. The summed E-state index contributed by atoms with van der Waals surface area (Å²) in [5.41, 5.74) is 3.32. The number of sulfonamides is 1. The molecule has 1 aromatic carbocycles. The molecule has 2 heterocycles. The predicted molar refractivity (Wildman–Crippen MR) is 128 cm³/mol. The molecule has 0 radical (unpaired) electrons. The third-order valence-corrected chi connectivity index (χ3v) is 7.48. The molecule has 0 amide bonds. The molecule has 0 spiro atoms. The maximum atomic E-state index is 13.7. The molecule has 3 N–H and O–H groups in total. The first-order chi connectivity index (χ1) is 15.9. The molecule has 2 aromatic rings. The first kappa shape index (κ1) is 25.8. The second-order valence-electron chi connectivity index (χ2n) is 8.70. The highest BCUT2D eigenvalue weighted by atomic mass is 32.2. The number of hydrogen-bond acceptors (Lipinski definition) is 6. The monoisotopic (exact) mass is 492 g/mol. The largest absolute Gasteiger partial charge is 0.481 e. The van der Waals surface area contributed by atoms with Crippen LogP contribution in [0.4, 0.5) is 10.2 Å². The Kier molecular flexibility index (Phi) is 7.74. The molecule has 0 saturated heterocycles. The van der Waals surface area contributed by atoms with Gasteiger partial charge in [-0.25, -0.2) is 17.8 Å². The second-order valence-corrected chi connectivity index (χ2v) is 10.8. The van der Waals surface area contributed by atoms with Gasteiger partial charge in [0.2, 0.25) is 10.0 Å². The molecule has 0 bridgehead atoms. The molecule has 1 aliphatic heterocycles. The van der Waals surface area contributed by atoms with Crippen LogP contribution in [0.2, 0.25) is 0 Å². The van der Waals surface area contributed by atoms with E-state index in [1.165, 1.54) is 29.6 Å². The van der Waals surface area contributed by atoms with Gasteiger partial charge in [0.25, 0.3) is 0 Å². The van der Waals surface area contributed by atoms with E-state index < -0.39 is 40.4 Å². The zero-order valence-corrected chi connectivity index (χ0v) is 20.1. The molecular formula is C24H29FN2O6S.